The van der Waals surface area contributed by atoms with Gasteiger partial charge in [0.2, 0.25) is 5.95 Å². The first-order chi connectivity index (χ1) is 19.7. The summed E-state index contributed by atoms with van der Waals surface area (Å²) in [5.74, 6) is 1.73. The molecule has 0 amide bonds. The SMILES string of the molecule is CCOC(=O)C1=C(c2ccc(OC)cc2)Nc2nc3ccccc3n2[C@H]1c1ccc(OCc2ccccc2)cc1. The van der Waals surface area contributed by atoms with Crippen LogP contribution in [0.2, 0.25) is 0 Å². The number of anilines is 1. The van der Waals surface area contributed by atoms with Crippen LogP contribution in [0, 0.1) is 0 Å². The van der Waals surface area contributed by atoms with Gasteiger partial charge in [0.15, 0.2) is 0 Å². The number of benzene rings is 4. The van der Waals surface area contributed by atoms with Gasteiger partial charge in [-0.25, -0.2) is 9.78 Å². The van der Waals surface area contributed by atoms with E-state index in [4.69, 9.17) is 19.2 Å². The van der Waals surface area contributed by atoms with Gasteiger partial charge >= 0.3 is 5.97 Å². The maximum absolute atomic E-state index is 13.7. The van der Waals surface area contributed by atoms with Crippen molar-refractivity contribution in [1.82, 2.24) is 9.55 Å². The molecule has 1 aromatic heterocycles. The highest BCUT2D eigenvalue weighted by Crippen LogP contribution is 2.42. The molecule has 0 saturated heterocycles. The molecule has 1 aliphatic heterocycles. The minimum atomic E-state index is -0.483. The number of imidazole rings is 1. The molecule has 2 heterocycles. The van der Waals surface area contributed by atoms with Crippen molar-refractivity contribution in [3.05, 3.63) is 125 Å². The molecule has 4 aromatic carbocycles. The molecule has 5 aromatic rings. The average Bonchev–Trinajstić information content (AvgIpc) is 3.38. The molecule has 1 N–H and O–H groups in total. The monoisotopic (exact) mass is 531 g/mol. The van der Waals surface area contributed by atoms with E-state index in [0.717, 1.165) is 39.2 Å². The van der Waals surface area contributed by atoms with Crippen LogP contribution in [0.1, 0.15) is 29.7 Å². The van der Waals surface area contributed by atoms with Crippen molar-refractivity contribution in [3.8, 4) is 11.5 Å². The maximum atomic E-state index is 13.7. The predicted molar refractivity (Wildman–Crippen MR) is 155 cm³/mol. The Morgan fingerprint density at radius 3 is 2.30 bits per heavy atom. The van der Waals surface area contributed by atoms with Crippen molar-refractivity contribution < 1.29 is 19.0 Å². The molecule has 0 radical (unpaired) electrons. The van der Waals surface area contributed by atoms with Crippen molar-refractivity contribution in [2.24, 2.45) is 0 Å². The van der Waals surface area contributed by atoms with Gasteiger partial charge in [0.1, 0.15) is 18.1 Å². The van der Waals surface area contributed by atoms with E-state index >= 15 is 0 Å². The van der Waals surface area contributed by atoms with Crippen LogP contribution in [0.3, 0.4) is 0 Å². The third-order valence-electron chi connectivity index (χ3n) is 6.95. The minimum Gasteiger partial charge on any atom is -0.497 e. The molecular weight excluding hydrogens is 502 g/mol. The lowest BCUT2D eigenvalue weighted by Gasteiger charge is -2.31. The van der Waals surface area contributed by atoms with Gasteiger partial charge in [-0.1, -0.05) is 54.6 Å². The third-order valence-corrected chi connectivity index (χ3v) is 6.95. The summed E-state index contributed by atoms with van der Waals surface area (Å²) in [6, 6.07) is 33.0. The zero-order chi connectivity index (χ0) is 27.5. The number of hydrogen-bond donors (Lipinski definition) is 1. The second-order valence-electron chi connectivity index (χ2n) is 9.40. The van der Waals surface area contributed by atoms with Crippen molar-refractivity contribution in [2.75, 3.05) is 19.0 Å². The van der Waals surface area contributed by atoms with Gasteiger partial charge in [-0.3, -0.25) is 4.57 Å². The van der Waals surface area contributed by atoms with E-state index in [1.54, 1.807) is 7.11 Å². The van der Waals surface area contributed by atoms with E-state index in [-0.39, 0.29) is 6.61 Å². The number of carbonyl (C=O) groups is 1. The van der Waals surface area contributed by atoms with Gasteiger partial charge in [0.05, 0.1) is 42.1 Å². The zero-order valence-electron chi connectivity index (χ0n) is 22.3. The van der Waals surface area contributed by atoms with E-state index in [2.05, 4.69) is 9.88 Å². The number of carbonyl (C=O) groups excluding carboxylic acids is 1. The van der Waals surface area contributed by atoms with Crippen LogP contribution >= 0.6 is 0 Å². The number of nitrogens with one attached hydrogen (secondary N) is 1. The molecular formula is C33H29N3O4. The largest absolute Gasteiger partial charge is 0.497 e. The van der Waals surface area contributed by atoms with E-state index < -0.39 is 12.0 Å². The number of ether oxygens (including phenoxy) is 3. The maximum Gasteiger partial charge on any atom is 0.338 e. The normalized spacial score (nSPS) is 14.4. The summed E-state index contributed by atoms with van der Waals surface area (Å²) in [4.78, 5) is 18.6. The standard InChI is InChI=1S/C33H29N3O4/c1-3-39-32(37)29-30(23-13-17-25(38-2)18-14-23)35-33-34-27-11-7-8-12-28(27)36(33)31(29)24-15-19-26(20-16-24)40-21-22-9-5-4-6-10-22/h4-20,31H,3,21H2,1-2H3,(H,34,35)/t31-/m0/s1. The second-order valence-corrected chi connectivity index (χ2v) is 9.40. The van der Waals surface area contributed by atoms with Crippen molar-refractivity contribution in [2.45, 2.75) is 19.6 Å². The topological polar surface area (TPSA) is 74.6 Å². The van der Waals surface area contributed by atoms with Crippen LogP contribution in [0.4, 0.5) is 5.95 Å². The molecule has 0 spiro atoms. The molecule has 7 heteroatoms. The highest BCUT2D eigenvalue weighted by atomic mass is 16.5. The number of hydrogen-bond acceptors (Lipinski definition) is 6. The highest BCUT2D eigenvalue weighted by Gasteiger charge is 2.36. The molecule has 0 fully saturated rings. The fourth-order valence-corrected chi connectivity index (χ4v) is 5.05. The lowest BCUT2D eigenvalue weighted by atomic mass is 9.92. The van der Waals surface area contributed by atoms with Crippen molar-refractivity contribution in [1.29, 1.82) is 0 Å². The summed E-state index contributed by atoms with van der Waals surface area (Å²) >= 11 is 0. The number of para-hydroxylation sites is 2. The Bertz CT molecular complexity index is 1670. The number of methoxy groups -OCH3 is 1. The first-order valence-corrected chi connectivity index (χ1v) is 13.2. The number of nitrogens with zero attached hydrogens (tertiary/aromatic N) is 2. The minimum absolute atomic E-state index is 0.259. The Kier molecular flexibility index (Phi) is 6.93. The Morgan fingerprint density at radius 1 is 0.875 bits per heavy atom. The third kappa shape index (κ3) is 4.78. The molecule has 0 saturated carbocycles. The van der Waals surface area contributed by atoms with Gasteiger partial charge in [-0.15, -0.1) is 0 Å². The zero-order valence-corrected chi connectivity index (χ0v) is 22.3. The quantitative estimate of drug-likeness (QED) is 0.227. The molecule has 0 aliphatic carbocycles. The molecule has 1 aliphatic rings. The molecule has 200 valence electrons. The second kappa shape index (κ2) is 11.0. The van der Waals surface area contributed by atoms with Crippen molar-refractivity contribution in [3.63, 3.8) is 0 Å². The number of aromatic nitrogens is 2. The highest BCUT2D eigenvalue weighted by molar-refractivity contribution is 6.03. The number of esters is 1. The molecule has 7 nitrogen and oxygen atoms in total. The number of fused-ring (bicyclic) bond motifs is 3. The lowest BCUT2D eigenvalue weighted by Crippen LogP contribution is -2.29. The fraction of sp³-hybridized carbons (Fsp3) is 0.152. The van der Waals surface area contributed by atoms with Gasteiger partial charge in [-0.05, 0) is 72.1 Å². The van der Waals surface area contributed by atoms with Gasteiger partial charge in [-0.2, -0.15) is 0 Å². The van der Waals surface area contributed by atoms with Gasteiger partial charge in [0, 0.05) is 0 Å². The molecule has 6 rings (SSSR count). The number of rotatable bonds is 8. The summed E-state index contributed by atoms with van der Waals surface area (Å²) in [5, 5.41) is 3.44. The van der Waals surface area contributed by atoms with E-state index in [9.17, 15) is 4.79 Å². The molecule has 40 heavy (non-hydrogen) atoms. The van der Waals surface area contributed by atoms with Crippen LogP contribution in [0.25, 0.3) is 16.7 Å². The fourth-order valence-electron chi connectivity index (χ4n) is 5.05. The first kappa shape index (κ1) is 25.2. The predicted octanol–water partition coefficient (Wildman–Crippen LogP) is 6.61. The smallest absolute Gasteiger partial charge is 0.338 e. The average molecular weight is 532 g/mol. The van der Waals surface area contributed by atoms with Crippen LogP contribution < -0.4 is 14.8 Å². The Balaban J connectivity index is 1.47. The summed E-state index contributed by atoms with van der Waals surface area (Å²) in [7, 11) is 1.63. The van der Waals surface area contributed by atoms with Crippen LogP contribution in [0.15, 0.2) is 109 Å². The molecule has 0 unspecified atom stereocenters. The summed E-state index contributed by atoms with van der Waals surface area (Å²) < 4.78 is 19.1. The summed E-state index contributed by atoms with van der Waals surface area (Å²) in [6.45, 7) is 2.54. The first-order valence-electron chi connectivity index (χ1n) is 13.2. The summed E-state index contributed by atoms with van der Waals surface area (Å²) in [6.07, 6.45) is 0. The Morgan fingerprint density at radius 2 is 1.57 bits per heavy atom. The molecule has 1 atom stereocenters. The Hall–Kier alpha value is -5.04. The van der Waals surface area contributed by atoms with Gasteiger partial charge < -0.3 is 19.5 Å². The van der Waals surface area contributed by atoms with Gasteiger partial charge in [0.25, 0.3) is 0 Å². The van der Waals surface area contributed by atoms with Crippen molar-refractivity contribution >= 4 is 28.6 Å². The van der Waals surface area contributed by atoms with E-state index in [0.29, 0.717) is 23.8 Å². The van der Waals surface area contributed by atoms with E-state index in [1.165, 1.54) is 0 Å². The van der Waals surface area contributed by atoms with Crippen LogP contribution in [-0.2, 0) is 16.1 Å². The summed E-state index contributed by atoms with van der Waals surface area (Å²) in [5.41, 5.74) is 5.73. The lowest BCUT2D eigenvalue weighted by molar-refractivity contribution is -0.138. The van der Waals surface area contributed by atoms with Crippen LogP contribution in [0.5, 0.6) is 11.5 Å². The van der Waals surface area contributed by atoms with Crippen LogP contribution in [-0.4, -0.2) is 29.2 Å². The van der Waals surface area contributed by atoms with E-state index in [1.807, 2.05) is 110 Å². The molecule has 0 bridgehead atoms. The Labute approximate surface area is 232 Å².